The summed E-state index contributed by atoms with van der Waals surface area (Å²) in [5, 5.41) is 8.51. The van der Waals surface area contributed by atoms with E-state index in [-0.39, 0.29) is 31.1 Å². The Labute approximate surface area is 71.8 Å². The van der Waals surface area contributed by atoms with Crippen molar-refractivity contribution in [2.45, 2.75) is 19.0 Å². The fourth-order valence-electron chi connectivity index (χ4n) is 1.15. The van der Waals surface area contributed by atoms with Gasteiger partial charge in [-0.3, -0.25) is 4.79 Å². The van der Waals surface area contributed by atoms with Gasteiger partial charge in [0.2, 0.25) is 5.91 Å². The molecule has 1 unspecified atom stereocenters. The molecule has 0 aliphatic carbocycles. The Morgan fingerprint density at radius 3 is 2.73 bits per heavy atom. The number of rotatable bonds is 2. The summed E-state index contributed by atoms with van der Waals surface area (Å²) in [7, 11) is 0. The van der Waals surface area contributed by atoms with Crippen molar-refractivity contribution in [2.75, 3.05) is 13.2 Å². The summed E-state index contributed by atoms with van der Waals surface area (Å²) in [6.45, 7) is 0.374. The van der Waals surface area contributed by atoms with Crippen molar-refractivity contribution in [3.63, 3.8) is 0 Å². The summed E-state index contributed by atoms with van der Waals surface area (Å²) in [6.07, 6.45) is 1.08. The molecule has 0 aromatic rings. The Bertz CT molecular complexity index is 143. The first kappa shape index (κ1) is 10.7. The molecule has 1 fully saturated rings. The van der Waals surface area contributed by atoms with Gasteiger partial charge in [-0.05, 0) is 6.42 Å². The second-order valence-electron chi connectivity index (χ2n) is 2.42. The van der Waals surface area contributed by atoms with Crippen molar-refractivity contribution in [1.82, 2.24) is 4.90 Å². The maximum atomic E-state index is 10.9. The van der Waals surface area contributed by atoms with Gasteiger partial charge in [0.25, 0.3) is 0 Å². The largest absolute Gasteiger partial charge is 0.395 e. The highest BCUT2D eigenvalue weighted by molar-refractivity contribution is 5.85. The van der Waals surface area contributed by atoms with E-state index in [9.17, 15) is 4.79 Å². The van der Waals surface area contributed by atoms with E-state index in [2.05, 4.69) is 0 Å². The average Bonchev–Trinajstić information content (AvgIpc) is 2.20. The minimum atomic E-state index is -0.167. The molecule has 5 heteroatoms. The summed E-state index contributed by atoms with van der Waals surface area (Å²) in [5.74, 6) is 0.0570. The van der Waals surface area contributed by atoms with Crippen molar-refractivity contribution in [2.24, 2.45) is 5.73 Å². The number of likely N-dealkylation sites (tertiary alicyclic amines) is 1. The van der Waals surface area contributed by atoms with E-state index in [1.165, 1.54) is 4.90 Å². The fraction of sp³-hybridized carbons (Fsp3) is 0.833. The molecule has 11 heavy (non-hydrogen) atoms. The molecule has 1 saturated heterocycles. The van der Waals surface area contributed by atoms with Gasteiger partial charge in [-0.15, -0.1) is 12.4 Å². The van der Waals surface area contributed by atoms with Gasteiger partial charge in [-0.1, -0.05) is 0 Å². The first-order valence-electron chi connectivity index (χ1n) is 3.41. The van der Waals surface area contributed by atoms with Gasteiger partial charge < -0.3 is 15.7 Å². The number of amides is 1. The van der Waals surface area contributed by atoms with Crippen molar-refractivity contribution in [3.05, 3.63) is 0 Å². The van der Waals surface area contributed by atoms with Crippen LogP contribution in [-0.4, -0.2) is 35.2 Å². The van der Waals surface area contributed by atoms with Crippen LogP contribution < -0.4 is 5.73 Å². The number of halogens is 1. The van der Waals surface area contributed by atoms with Gasteiger partial charge in [-0.25, -0.2) is 0 Å². The second-order valence-corrected chi connectivity index (χ2v) is 2.42. The van der Waals surface area contributed by atoms with E-state index < -0.39 is 0 Å². The van der Waals surface area contributed by atoms with Crippen LogP contribution in [0.5, 0.6) is 0 Å². The van der Waals surface area contributed by atoms with E-state index in [1.54, 1.807) is 0 Å². The minimum absolute atomic E-state index is 0. The fourth-order valence-corrected chi connectivity index (χ4v) is 1.15. The molecule has 66 valence electrons. The van der Waals surface area contributed by atoms with Crippen LogP contribution in [0.15, 0.2) is 0 Å². The Morgan fingerprint density at radius 1 is 1.73 bits per heavy atom. The number of β-amino-alcohol motifs (C(OH)–C–C–N with tert-alkyl or cyclic N) is 1. The molecule has 1 amide bonds. The molecule has 1 rings (SSSR count). The lowest BCUT2D eigenvalue weighted by Crippen LogP contribution is -2.40. The van der Waals surface area contributed by atoms with Crippen LogP contribution in [0.2, 0.25) is 0 Å². The molecule has 0 radical (unpaired) electrons. The SMILES string of the molecule is Cl.NC1CCC(=O)N1CCO. The zero-order valence-corrected chi connectivity index (χ0v) is 7.01. The smallest absolute Gasteiger partial charge is 0.224 e. The van der Waals surface area contributed by atoms with E-state index in [0.29, 0.717) is 13.0 Å². The maximum absolute atomic E-state index is 10.9. The predicted molar refractivity (Wildman–Crippen MR) is 43.3 cm³/mol. The summed E-state index contributed by atoms with van der Waals surface area (Å²) in [6, 6.07) is 0. The summed E-state index contributed by atoms with van der Waals surface area (Å²) < 4.78 is 0. The molecule has 1 heterocycles. The minimum Gasteiger partial charge on any atom is -0.395 e. The third-order valence-corrected chi connectivity index (χ3v) is 1.72. The van der Waals surface area contributed by atoms with Gasteiger partial charge >= 0.3 is 0 Å². The van der Waals surface area contributed by atoms with Crippen molar-refractivity contribution >= 4 is 18.3 Å². The molecule has 1 aliphatic rings. The third kappa shape index (κ3) is 2.32. The second kappa shape index (κ2) is 4.54. The molecule has 0 aromatic carbocycles. The highest BCUT2D eigenvalue weighted by Crippen LogP contribution is 2.12. The standard InChI is InChI=1S/C6H12N2O2.ClH/c7-5-1-2-6(10)8(5)3-4-9;/h5,9H,1-4,7H2;1H. The van der Waals surface area contributed by atoms with E-state index in [4.69, 9.17) is 10.8 Å². The lowest BCUT2D eigenvalue weighted by atomic mass is 10.3. The molecule has 0 aromatic heterocycles. The summed E-state index contributed by atoms with van der Waals surface area (Å²) in [5.41, 5.74) is 5.55. The quantitative estimate of drug-likeness (QED) is 0.591. The van der Waals surface area contributed by atoms with Crippen molar-refractivity contribution in [1.29, 1.82) is 0 Å². The number of carbonyl (C=O) groups is 1. The third-order valence-electron chi connectivity index (χ3n) is 1.72. The van der Waals surface area contributed by atoms with E-state index in [1.807, 2.05) is 0 Å². The maximum Gasteiger partial charge on any atom is 0.224 e. The van der Waals surface area contributed by atoms with Crippen LogP contribution in [0.3, 0.4) is 0 Å². The molecule has 0 saturated carbocycles. The summed E-state index contributed by atoms with van der Waals surface area (Å²) >= 11 is 0. The van der Waals surface area contributed by atoms with Crippen LogP contribution in [0.1, 0.15) is 12.8 Å². The van der Waals surface area contributed by atoms with Crippen molar-refractivity contribution in [3.8, 4) is 0 Å². The zero-order chi connectivity index (χ0) is 7.56. The topological polar surface area (TPSA) is 66.6 Å². The molecule has 0 bridgehead atoms. The molecule has 1 aliphatic heterocycles. The van der Waals surface area contributed by atoms with Crippen LogP contribution in [-0.2, 0) is 4.79 Å². The van der Waals surface area contributed by atoms with Crippen LogP contribution >= 0.6 is 12.4 Å². The van der Waals surface area contributed by atoms with Crippen LogP contribution in [0, 0.1) is 0 Å². The number of hydrogen-bond donors (Lipinski definition) is 2. The van der Waals surface area contributed by atoms with Gasteiger partial charge in [0, 0.05) is 13.0 Å². The molecule has 4 nitrogen and oxygen atoms in total. The van der Waals surface area contributed by atoms with E-state index in [0.717, 1.165) is 6.42 Å². The number of hydrogen-bond acceptors (Lipinski definition) is 3. The first-order chi connectivity index (χ1) is 4.75. The lowest BCUT2D eigenvalue weighted by Gasteiger charge is -2.19. The summed E-state index contributed by atoms with van der Waals surface area (Å²) in [4.78, 5) is 12.4. The first-order valence-corrected chi connectivity index (χ1v) is 3.41. The van der Waals surface area contributed by atoms with Crippen LogP contribution in [0.4, 0.5) is 0 Å². The molecular formula is C6H13ClN2O2. The van der Waals surface area contributed by atoms with E-state index >= 15 is 0 Å². The highest BCUT2D eigenvalue weighted by atomic mass is 35.5. The monoisotopic (exact) mass is 180 g/mol. The Kier molecular flexibility index (Phi) is 4.40. The molecule has 0 spiro atoms. The Morgan fingerprint density at radius 2 is 2.36 bits per heavy atom. The van der Waals surface area contributed by atoms with Gasteiger partial charge in [0.05, 0.1) is 12.8 Å². The Hall–Kier alpha value is -0.320. The predicted octanol–water partition coefficient (Wildman–Crippen LogP) is -0.692. The number of carbonyl (C=O) groups excluding carboxylic acids is 1. The van der Waals surface area contributed by atoms with Crippen LogP contribution in [0.25, 0.3) is 0 Å². The molecule has 1 atom stereocenters. The van der Waals surface area contributed by atoms with Gasteiger partial charge in [0.15, 0.2) is 0 Å². The number of aliphatic hydroxyl groups excluding tert-OH is 1. The average molecular weight is 181 g/mol. The molecular weight excluding hydrogens is 168 g/mol. The number of aliphatic hydroxyl groups is 1. The highest BCUT2D eigenvalue weighted by Gasteiger charge is 2.26. The van der Waals surface area contributed by atoms with Crippen molar-refractivity contribution < 1.29 is 9.90 Å². The number of nitrogens with zero attached hydrogens (tertiary/aromatic N) is 1. The van der Waals surface area contributed by atoms with Gasteiger partial charge in [0.1, 0.15) is 0 Å². The number of nitrogens with two attached hydrogens (primary N) is 1. The normalized spacial score (nSPS) is 23.6. The zero-order valence-electron chi connectivity index (χ0n) is 6.19. The Balaban J connectivity index is 0.000001000. The van der Waals surface area contributed by atoms with Gasteiger partial charge in [-0.2, -0.15) is 0 Å². The molecule has 3 N–H and O–H groups in total. The lowest BCUT2D eigenvalue weighted by molar-refractivity contribution is -0.129.